The van der Waals surface area contributed by atoms with Crippen LogP contribution in [0.1, 0.15) is 43.0 Å². The predicted molar refractivity (Wildman–Crippen MR) is 100 cm³/mol. The number of hydrogen-bond donors (Lipinski definition) is 0. The minimum absolute atomic E-state index is 0.0870. The molecule has 25 heavy (non-hydrogen) atoms. The predicted octanol–water partition coefficient (Wildman–Crippen LogP) is 4.19. The largest absolute Gasteiger partial charge is 0.497 e. The van der Waals surface area contributed by atoms with E-state index < -0.39 is 0 Å². The second-order valence-corrected chi connectivity index (χ2v) is 6.55. The minimum atomic E-state index is 0.0870. The number of amides is 1. The lowest BCUT2D eigenvalue weighted by atomic mass is 10.1. The highest BCUT2D eigenvalue weighted by atomic mass is 16.5. The molecule has 1 aromatic carbocycles. The van der Waals surface area contributed by atoms with E-state index in [1.54, 1.807) is 13.2 Å². The number of carbonyl (C=O) groups excluding carboxylic acids is 1. The number of aromatic nitrogens is 1. The van der Waals surface area contributed by atoms with E-state index in [1.807, 2.05) is 35.2 Å². The fourth-order valence-corrected chi connectivity index (χ4v) is 3.48. The molecule has 2 heterocycles. The Morgan fingerprint density at radius 3 is 2.64 bits per heavy atom. The van der Waals surface area contributed by atoms with Crippen LogP contribution in [0.3, 0.4) is 0 Å². The second kappa shape index (κ2) is 8.06. The molecule has 1 aromatic heterocycles. The third-order valence-corrected chi connectivity index (χ3v) is 4.90. The second-order valence-electron chi connectivity index (χ2n) is 6.55. The maximum atomic E-state index is 12.9. The first-order chi connectivity index (χ1) is 12.2. The Morgan fingerprint density at radius 1 is 1.16 bits per heavy atom. The first-order valence-electron chi connectivity index (χ1n) is 8.93. The zero-order valence-electron chi connectivity index (χ0n) is 15.0. The van der Waals surface area contributed by atoms with E-state index >= 15 is 0 Å². The Kier molecular flexibility index (Phi) is 5.59. The van der Waals surface area contributed by atoms with Crippen molar-refractivity contribution in [2.24, 2.45) is 7.05 Å². The van der Waals surface area contributed by atoms with Crippen LogP contribution in [0.5, 0.6) is 5.75 Å². The Morgan fingerprint density at radius 2 is 1.96 bits per heavy atom. The number of carbonyl (C=O) groups is 1. The Balaban J connectivity index is 1.77. The molecule has 1 aliphatic heterocycles. The Hall–Kier alpha value is -2.49. The number of hydrogen-bond acceptors (Lipinski definition) is 2. The quantitative estimate of drug-likeness (QED) is 0.784. The molecule has 0 N–H and O–H groups in total. The Labute approximate surface area is 149 Å². The molecule has 4 nitrogen and oxygen atoms in total. The van der Waals surface area contributed by atoms with Gasteiger partial charge < -0.3 is 14.2 Å². The van der Waals surface area contributed by atoms with Crippen molar-refractivity contribution in [2.75, 3.05) is 13.7 Å². The number of methoxy groups -OCH3 is 1. The van der Waals surface area contributed by atoms with Crippen LogP contribution in [-0.4, -0.2) is 29.0 Å². The van der Waals surface area contributed by atoms with E-state index in [4.69, 9.17) is 4.74 Å². The normalized spacial score (nSPS) is 18.3. The molecule has 2 aromatic rings. The molecule has 1 saturated heterocycles. The van der Waals surface area contributed by atoms with Gasteiger partial charge in [0.05, 0.1) is 13.2 Å². The van der Waals surface area contributed by atoms with Crippen molar-refractivity contribution in [1.82, 2.24) is 9.47 Å². The molecule has 1 fully saturated rings. The van der Waals surface area contributed by atoms with Gasteiger partial charge in [-0.15, -0.1) is 0 Å². The third kappa shape index (κ3) is 4.13. The fraction of sp³-hybridized carbons (Fsp3) is 0.381. The summed E-state index contributed by atoms with van der Waals surface area (Å²) in [6.07, 6.45) is 10.1. The van der Waals surface area contributed by atoms with E-state index in [2.05, 4.69) is 29.9 Å². The van der Waals surface area contributed by atoms with Gasteiger partial charge in [-0.3, -0.25) is 4.79 Å². The van der Waals surface area contributed by atoms with Gasteiger partial charge in [-0.05, 0) is 48.7 Å². The van der Waals surface area contributed by atoms with Crippen LogP contribution in [0.15, 0.2) is 48.7 Å². The summed E-state index contributed by atoms with van der Waals surface area (Å²) < 4.78 is 7.30. The molecule has 1 amide bonds. The molecule has 0 saturated carbocycles. The van der Waals surface area contributed by atoms with Gasteiger partial charge in [0, 0.05) is 31.6 Å². The van der Waals surface area contributed by atoms with Gasteiger partial charge in [0.2, 0.25) is 5.91 Å². The van der Waals surface area contributed by atoms with Gasteiger partial charge in [-0.2, -0.15) is 0 Å². The standard InChI is InChI=1S/C21H26N2O2/c1-22-15-6-8-19(22)20-7-4-3-5-16-23(20)21(24)14-11-17-9-12-18(25-2)13-10-17/h6,8-15,20H,3-5,7,16H2,1-2H3/b14-11-/t20-/m1/s1. The van der Waals surface area contributed by atoms with Crippen molar-refractivity contribution in [3.63, 3.8) is 0 Å². The number of ether oxygens (including phenoxy) is 1. The molecular formula is C21H26N2O2. The highest BCUT2D eigenvalue weighted by molar-refractivity contribution is 5.92. The summed E-state index contributed by atoms with van der Waals surface area (Å²) in [7, 11) is 3.70. The molecule has 0 spiro atoms. The average molecular weight is 338 g/mol. The van der Waals surface area contributed by atoms with Gasteiger partial charge in [0.25, 0.3) is 0 Å². The zero-order chi connectivity index (χ0) is 17.6. The van der Waals surface area contributed by atoms with Crippen molar-refractivity contribution in [2.45, 2.75) is 31.7 Å². The van der Waals surface area contributed by atoms with E-state index in [0.29, 0.717) is 0 Å². The molecule has 4 heteroatoms. The van der Waals surface area contributed by atoms with E-state index in [-0.39, 0.29) is 11.9 Å². The monoisotopic (exact) mass is 338 g/mol. The van der Waals surface area contributed by atoms with Crippen molar-refractivity contribution in [1.29, 1.82) is 0 Å². The van der Waals surface area contributed by atoms with E-state index in [0.717, 1.165) is 30.7 Å². The van der Waals surface area contributed by atoms with Crippen LogP contribution in [0.4, 0.5) is 0 Å². The highest BCUT2D eigenvalue weighted by Crippen LogP contribution is 2.30. The summed E-state index contributed by atoms with van der Waals surface area (Å²) in [4.78, 5) is 14.9. The molecule has 1 aliphatic rings. The maximum absolute atomic E-state index is 12.9. The molecule has 132 valence electrons. The van der Waals surface area contributed by atoms with Crippen LogP contribution in [0, 0.1) is 0 Å². The number of benzene rings is 1. The number of likely N-dealkylation sites (tertiary alicyclic amines) is 1. The summed E-state index contributed by atoms with van der Waals surface area (Å²) in [5.74, 6) is 0.906. The first kappa shape index (κ1) is 17.3. The summed E-state index contributed by atoms with van der Waals surface area (Å²) >= 11 is 0. The van der Waals surface area contributed by atoms with Crippen LogP contribution in [0.2, 0.25) is 0 Å². The van der Waals surface area contributed by atoms with Crippen LogP contribution >= 0.6 is 0 Å². The summed E-state index contributed by atoms with van der Waals surface area (Å²) in [6, 6.07) is 12.1. The van der Waals surface area contributed by atoms with Crippen LogP contribution in [-0.2, 0) is 11.8 Å². The lowest BCUT2D eigenvalue weighted by Gasteiger charge is -2.29. The van der Waals surface area contributed by atoms with Crippen LogP contribution < -0.4 is 4.74 Å². The number of aryl methyl sites for hydroxylation is 1. The lowest BCUT2D eigenvalue weighted by Crippen LogP contribution is -2.34. The molecule has 0 aliphatic carbocycles. The van der Waals surface area contributed by atoms with Crippen molar-refractivity contribution in [3.05, 3.63) is 59.9 Å². The van der Waals surface area contributed by atoms with Crippen molar-refractivity contribution < 1.29 is 9.53 Å². The minimum Gasteiger partial charge on any atom is -0.497 e. The molecule has 0 radical (unpaired) electrons. The number of rotatable bonds is 4. The Bertz CT molecular complexity index is 731. The third-order valence-electron chi connectivity index (χ3n) is 4.90. The average Bonchev–Trinajstić information content (AvgIpc) is 2.92. The van der Waals surface area contributed by atoms with Gasteiger partial charge in [-0.1, -0.05) is 25.0 Å². The smallest absolute Gasteiger partial charge is 0.247 e. The lowest BCUT2D eigenvalue weighted by molar-refractivity contribution is -0.128. The first-order valence-corrected chi connectivity index (χ1v) is 8.93. The maximum Gasteiger partial charge on any atom is 0.247 e. The molecule has 3 rings (SSSR count). The van der Waals surface area contributed by atoms with Gasteiger partial charge in [0.1, 0.15) is 5.75 Å². The molecule has 0 unspecified atom stereocenters. The molecule has 0 bridgehead atoms. The SMILES string of the molecule is COc1ccc(/C=C\C(=O)N2CCCCC[C@@H]2c2cccn2C)cc1. The van der Waals surface area contributed by atoms with E-state index in [1.165, 1.54) is 18.5 Å². The zero-order valence-corrected chi connectivity index (χ0v) is 15.0. The summed E-state index contributed by atoms with van der Waals surface area (Å²) in [6.45, 7) is 0.821. The van der Waals surface area contributed by atoms with Gasteiger partial charge >= 0.3 is 0 Å². The van der Waals surface area contributed by atoms with E-state index in [9.17, 15) is 4.79 Å². The highest BCUT2D eigenvalue weighted by Gasteiger charge is 2.26. The topological polar surface area (TPSA) is 34.5 Å². The van der Waals surface area contributed by atoms with Crippen molar-refractivity contribution in [3.8, 4) is 5.75 Å². The van der Waals surface area contributed by atoms with Gasteiger partial charge in [-0.25, -0.2) is 0 Å². The van der Waals surface area contributed by atoms with Gasteiger partial charge in [0.15, 0.2) is 0 Å². The summed E-state index contributed by atoms with van der Waals surface area (Å²) in [5, 5.41) is 0. The molecule has 1 atom stereocenters. The fourth-order valence-electron chi connectivity index (χ4n) is 3.48. The van der Waals surface area contributed by atoms with Crippen molar-refractivity contribution >= 4 is 12.0 Å². The van der Waals surface area contributed by atoms with Crippen LogP contribution in [0.25, 0.3) is 6.08 Å². The summed E-state index contributed by atoms with van der Waals surface area (Å²) in [5.41, 5.74) is 2.22. The molecular weight excluding hydrogens is 312 g/mol. The number of nitrogens with zero attached hydrogens (tertiary/aromatic N) is 2.